The van der Waals surface area contributed by atoms with Gasteiger partial charge in [-0.05, 0) is 26.7 Å². The summed E-state index contributed by atoms with van der Waals surface area (Å²) in [7, 11) is 0. The van der Waals surface area contributed by atoms with E-state index in [2.05, 4.69) is 0 Å². The Kier molecular flexibility index (Phi) is 5.75. The zero-order chi connectivity index (χ0) is 15.5. The summed E-state index contributed by atoms with van der Waals surface area (Å²) in [6, 6.07) is 0. The van der Waals surface area contributed by atoms with E-state index >= 15 is 0 Å². The van der Waals surface area contributed by atoms with Crippen LogP contribution in [0.1, 0.15) is 52.9 Å². The summed E-state index contributed by atoms with van der Waals surface area (Å²) in [5.74, 6) is -4.91. The molecule has 0 amide bonds. The number of rotatable bonds is 7. The molecule has 0 rings (SSSR count). The summed E-state index contributed by atoms with van der Waals surface area (Å²) < 4.78 is 79.3. The molecule has 0 fully saturated rings. The SMILES string of the molecule is CCCCCCC(F)(C(F)(F)F)C(F)(F)C(C)(C)O. The third kappa shape index (κ3) is 3.77. The van der Waals surface area contributed by atoms with Crippen molar-refractivity contribution >= 4 is 0 Å². The third-order valence-electron chi connectivity index (χ3n) is 3.09. The molecule has 1 nitrogen and oxygen atoms in total. The maximum Gasteiger partial charge on any atom is 0.428 e. The molecule has 0 saturated heterocycles. The van der Waals surface area contributed by atoms with Crippen molar-refractivity contribution in [2.45, 2.75) is 76.2 Å². The molecule has 7 heteroatoms. The second kappa shape index (κ2) is 5.89. The van der Waals surface area contributed by atoms with Crippen LogP contribution in [0, 0.1) is 0 Å². The van der Waals surface area contributed by atoms with Gasteiger partial charge < -0.3 is 5.11 Å². The molecule has 1 N–H and O–H groups in total. The van der Waals surface area contributed by atoms with Crippen molar-refractivity contribution in [3.05, 3.63) is 0 Å². The highest BCUT2D eigenvalue weighted by molar-refractivity contribution is 5.06. The average molecular weight is 294 g/mol. The molecule has 116 valence electrons. The van der Waals surface area contributed by atoms with Gasteiger partial charge in [-0.25, -0.2) is 4.39 Å². The third-order valence-corrected chi connectivity index (χ3v) is 3.09. The molecule has 19 heavy (non-hydrogen) atoms. The fourth-order valence-electron chi connectivity index (χ4n) is 1.76. The van der Waals surface area contributed by atoms with Crippen molar-refractivity contribution in [1.82, 2.24) is 0 Å². The number of hydrogen-bond donors (Lipinski definition) is 1. The van der Waals surface area contributed by atoms with E-state index in [1.54, 1.807) is 6.92 Å². The smallest absolute Gasteiger partial charge is 0.384 e. The Labute approximate surface area is 109 Å². The number of hydrogen-bond acceptors (Lipinski definition) is 1. The molecule has 0 spiro atoms. The van der Waals surface area contributed by atoms with E-state index in [1.165, 1.54) is 0 Å². The van der Waals surface area contributed by atoms with Crippen molar-refractivity contribution < 1.29 is 31.4 Å². The number of aliphatic hydroxyl groups is 1. The maximum absolute atomic E-state index is 14.0. The van der Waals surface area contributed by atoms with Crippen LogP contribution in [0.15, 0.2) is 0 Å². The summed E-state index contributed by atoms with van der Waals surface area (Å²) in [6.45, 7) is 2.73. The van der Waals surface area contributed by atoms with Crippen molar-refractivity contribution in [3.8, 4) is 0 Å². The minimum absolute atomic E-state index is 0.236. The number of halogens is 6. The highest BCUT2D eigenvalue weighted by Gasteiger charge is 2.74. The second-order valence-electron chi connectivity index (χ2n) is 5.24. The van der Waals surface area contributed by atoms with Crippen LogP contribution in [0.2, 0.25) is 0 Å². The normalized spacial score (nSPS) is 17.4. The first-order chi connectivity index (χ1) is 8.31. The molecule has 0 aliphatic heterocycles. The first-order valence-corrected chi connectivity index (χ1v) is 6.17. The van der Waals surface area contributed by atoms with E-state index < -0.39 is 29.8 Å². The van der Waals surface area contributed by atoms with E-state index in [1.807, 2.05) is 0 Å². The first kappa shape index (κ1) is 18.5. The molecule has 0 aromatic carbocycles. The van der Waals surface area contributed by atoms with Crippen molar-refractivity contribution in [3.63, 3.8) is 0 Å². The molecular weight excluding hydrogens is 274 g/mol. The maximum atomic E-state index is 14.0. The van der Waals surface area contributed by atoms with Crippen LogP contribution < -0.4 is 0 Å². The van der Waals surface area contributed by atoms with E-state index in [0.717, 1.165) is 0 Å². The summed E-state index contributed by atoms with van der Waals surface area (Å²) in [4.78, 5) is 0. The molecule has 0 aromatic heterocycles. The van der Waals surface area contributed by atoms with Gasteiger partial charge in [-0.15, -0.1) is 0 Å². The summed E-state index contributed by atoms with van der Waals surface area (Å²) >= 11 is 0. The largest absolute Gasteiger partial charge is 0.428 e. The van der Waals surface area contributed by atoms with Crippen LogP contribution in [0.3, 0.4) is 0 Å². The first-order valence-electron chi connectivity index (χ1n) is 6.17. The molecule has 0 aromatic rings. The quantitative estimate of drug-likeness (QED) is 0.536. The van der Waals surface area contributed by atoms with Gasteiger partial charge in [-0.1, -0.05) is 26.2 Å². The van der Waals surface area contributed by atoms with Gasteiger partial charge in [0.2, 0.25) is 0 Å². The average Bonchev–Trinajstić information content (AvgIpc) is 2.20. The van der Waals surface area contributed by atoms with Crippen LogP contribution in [-0.4, -0.2) is 28.5 Å². The van der Waals surface area contributed by atoms with Crippen LogP contribution in [0.5, 0.6) is 0 Å². The van der Waals surface area contributed by atoms with Gasteiger partial charge in [-0.2, -0.15) is 22.0 Å². The van der Waals surface area contributed by atoms with Gasteiger partial charge in [-0.3, -0.25) is 0 Å². The topological polar surface area (TPSA) is 20.2 Å². The van der Waals surface area contributed by atoms with E-state index in [-0.39, 0.29) is 12.8 Å². The van der Waals surface area contributed by atoms with Crippen molar-refractivity contribution in [2.24, 2.45) is 0 Å². The van der Waals surface area contributed by atoms with E-state index in [4.69, 9.17) is 5.11 Å². The van der Waals surface area contributed by atoms with Crippen molar-refractivity contribution in [2.75, 3.05) is 0 Å². The van der Waals surface area contributed by atoms with Gasteiger partial charge in [0, 0.05) is 0 Å². The molecule has 0 saturated carbocycles. The Morgan fingerprint density at radius 1 is 0.842 bits per heavy atom. The highest BCUT2D eigenvalue weighted by Crippen LogP contribution is 2.52. The molecule has 0 heterocycles. The summed E-state index contributed by atoms with van der Waals surface area (Å²) in [5, 5.41) is 9.16. The second-order valence-corrected chi connectivity index (χ2v) is 5.24. The summed E-state index contributed by atoms with van der Waals surface area (Å²) in [6.07, 6.45) is -5.93. The van der Waals surface area contributed by atoms with Crippen molar-refractivity contribution in [1.29, 1.82) is 0 Å². The Morgan fingerprint density at radius 3 is 1.63 bits per heavy atom. The number of alkyl halides is 6. The minimum atomic E-state index is -5.73. The minimum Gasteiger partial charge on any atom is -0.384 e. The Hall–Kier alpha value is -0.460. The molecule has 0 radical (unpaired) electrons. The molecular formula is C12H20F6O. The lowest BCUT2D eigenvalue weighted by atomic mass is 9.81. The van der Waals surface area contributed by atoms with Gasteiger partial charge in [0.1, 0.15) is 5.60 Å². The van der Waals surface area contributed by atoms with Crippen LogP contribution in [0.25, 0.3) is 0 Å². The standard InChI is InChI=1S/C12H20F6O/c1-4-5-6-7-8-10(13,12(16,17)18)11(14,15)9(2,3)19/h19H,4-8H2,1-3H3. The van der Waals surface area contributed by atoms with E-state index in [0.29, 0.717) is 26.7 Å². The lowest BCUT2D eigenvalue weighted by Gasteiger charge is -2.41. The van der Waals surface area contributed by atoms with Crippen LogP contribution in [0.4, 0.5) is 26.3 Å². The van der Waals surface area contributed by atoms with Gasteiger partial charge in [0.15, 0.2) is 0 Å². The van der Waals surface area contributed by atoms with Gasteiger partial charge in [0.25, 0.3) is 5.67 Å². The lowest BCUT2D eigenvalue weighted by molar-refractivity contribution is -0.339. The fourth-order valence-corrected chi connectivity index (χ4v) is 1.76. The van der Waals surface area contributed by atoms with Crippen LogP contribution in [-0.2, 0) is 0 Å². The lowest BCUT2D eigenvalue weighted by Crippen LogP contribution is -2.64. The molecule has 1 unspecified atom stereocenters. The fraction of sp³-hybridized carbons (Fsp3) is 1.00. The molecule has 0 aliphatic carbocycles. The predicted octanol–water partition coefficient (Wildman–Crippen LogP) is 4.63. The Morgan fingerprint density at radius 2 is 1.32 bits per heavy atom. The van der Waals surface area contributed by atoms with Gasteiger partial charge >= 0.3 is 12.1 Å². The van der Waals surface area contributed by atoms with Crippen LogP contribution >= 0.6 is 0 Å². The predicted molar refractivity (Wildman–Crippen MR) is 59.9 cm³/mol. The highest BCUT2D eigenvalue weighted by atomic mass is 19.4. The Balaban J connectivity index is 5.21. The zero-order valence-corrected chi connectivity index (χ0v) is 11.3. The molecule has 0 aliphatic rings. The molecule has 1 atom stereocenters. The van der Waals surface area contributed by atoms with E-state index in [9.17, 15) is 26.3 Å². The summed E-state index contributed by atoms with van der Waals surface area (Å²) in [5.41, 5.74) is -7.81. The molecule has 0 bridgehead atoms. The zero-order valence-electron chi connectivity index (χ0n) is 11.3. The van der Waals surface area contributed by atoms with Gasteiger partial charge in [0.05, 0.1) is 0 Å². The monoisotopic (exact) mass is 294 g/mol. The number of unbranched alkanes of at least 4 members (excludes halogenated alkanes) is 3. The Bertz CT molecular complexity index is 281.